The molecule has 9 heteroatoms. The van der Waals surface area contributed by atoms with Crippen molar-refractivity contribution in [2.24, 2.45) is 17.3 Å². The number of nitrogens with zero attached hydrogens (tertiary/aromatic N) is 2. The summed E-state index contributed by atoms with van der Waals surface area (Å²) in [5.74, 6) is 1.74. The van der Waals surface area contributed by atoms with Crippen molar-refractivity contribution in [1.82, 2.24) is 15.1 Å². The highest BCUT2D eigenvalue weighted by Crippen LogP contribution is 2.48. The van der Waals surface area contributed by atoms with Crippen LogP contribution in [0.1, 0.15) is 79.1 Å². The van der Waals surface area contributed by atoms with Crippen molar-refractivity contribution in [3.63, 3.8) is 0 Å². The lowest BCUT2D eigenvalue weighted by Gasteiger charge is -2.50. The molecule has 1 unspecified atom stereocenters. The minimum Gasteiger partial charge on any atom is -0.444 e. The SMILES string of the molecule is C[C@@H](OCC1CCCCC1)[C@H](NC(=O)C1CSCC12CN(C(=O)OC(C)(C)C)C2)C(=O)N1CCCCC1. The Hall–Kier alpha value is -1.48. The lowest BCUT2D eigenvalue weighted by molar-refractivity contribution is -0.145. The molecule has 3 saturated heterocycles. The smallest absolute Gasteiger partial charge is 0.410 e. The molecule has 1 spiro atoms. The van der Waals surface area contributed by atoms with Gasteiger partial charge in [-0.25, -0.2) is 4.79 Å². The Morgan fingerprint density at radius 1 is 1.00 bits per heavy atom. The van der Waals surface area contributed by atoms with Gasteiger partial charge in [0.25, 0.3) is 0 Å². The Labute approximate surface area is 226 Å². The van der Waals surface area contributed by atoms with E-state index in [1.807, 2.05) is 32.6 Å². The summed E-state index contributed by atoms with van der Waals surface area (Å²) in [5, 5.41) is 3.15. The third-order valence-electron chi connectivity index (χ3n) is 8.41. The van der Waals surface area contributed by atoms with Gasteiger partial charge in [0.05, 0.1) is 12.0 Å². The Kier molecular flexibility index (Phi) is 9.36. The van der Waals surface area contributed by atoms with Crippen LogP contribution in [-0.2, 0) is 19.1 Å². The second-order valence-electron chi connectivity index (χ2n) is 12.7. The molecule has 8 nitrogen and oxygen atoms in total. The molecule has 4 aliphatic rings. The number of likely N-dealkylation sites (tertiary alicyclic amines) is 2. The number of ether oxygens (including phenoxy) is 2. The Balaban J connectivity index is 1.39. The molecule has 3 amide bonds. The van der Waals surface area contributed by atoms with E-state index in [0.717, 1.165) is 38.1 Å². The molecule has 1 N–H and O–H groups in total. The quantitative estimate of drug-likeness (QED) is 0.527. The lowest BCUT2D eigenvalue weighted by atomic mass is 9.71. The van der Waals surface area contributed by atoms with E-state index in [1.54, 1.807) is 16.7 Å². The average molecular weight is 538 g/mol. The summed E-state index contributed by atoms with van der Waals surface area (Å²) < 4.78 is 11.8. The number of thioether (sulfide) groups is 1. The highest BCUT2D eigenvalue weighted by molar-refractivity contribution is 7.99. The van der Waals surface area contributed by atoms with Crippen molar-refractivity contribution in [2.75, 3.05) is 44.3 Å². The Morgan fingerprint density at radius 3 is 2.30 bits per heavy atom. The van der Waals surface area contributed by atoms with Crippen molar-refractivity contribution < 1.29 is 23.9 Å². The summed E-state index contributed by atoms with van der Waals surface area (Å²) in [7, 11) is 0. The van der Waals surface area contributed by atoms with E-state index in [0.29, 0.717) is 31.4 Å². The first-order valence-electron chi connectivity index (χ1n) is 14.3. The number of amides is 3. The summed E-state index contributed by atoms with van der Waals surface area (Å²) in [6, 6.07) is -0.682. The third kappa shape index (κ3) is 7.14. The lowest BCUT2D eigenvalue weighted by Crippen LogP contribution is -2.65. The highest BCUT2D eigenvalue weighted by atomic mass is 32.2. The van der Waals surface area contributed by atoms with Crippen molar-refractivity contribution in [3.05, 3.63) is 0 Å². The zero-order valence-electron chi connectivity index (χ0n) is 23.3. The Morgan fingerprint density at radius 2 is 1.65 bits per heavy atom. The maximum absolute atomic E-state index is 13.7. The first-order valence-corrected chi connectivity index (χ1v) is 15.5. The zero-order valence-corrected chi connectivity index (χ0v) is 24.1. The predicted octanol–water partition coefficient (Wildman–Crippen LogP) is 4.07. The van der Waals surface area contributed by atoms with E-state index >= 15 is 0 Å². The van der Waals surface area contributed by atoms with Crippen LogP contribution < -0.4 is 5.32 Å². The first-order chi connectivity index (χ1) is 17.6. The van der Waals surface area contributed by atoms with Gasteiger partial charge in [-0.15, -0.1) is 0 Å². The maximum Gasteiger partial charge on any atom is 0.410 e. The molecule has 0 radical (unpaired) electrons. The number of rotatable bonds is 7. The monoisotopic (exact) mass is 537 g/mol. The van der Waals surface area contributed by atoms with Gasteiger partial charge in [-0.2, -0.15) is 11.8 Å². The zero-order chi connectivity index (χ0) is 26.6. The molecule has 0 aromatic heterocycles. The third-order valence-corrected chi connectivity index (χ3v) is 9.76. The van der Waals surface area contributed by atoms with Crippen molar-refractivity contribution in [2.45, 2.75) is 96.8 Å². The van der Waals surface area contributed by atoms with E-state index in [2.05, 4.69) is 5.32 Å². The van der Waals surface area contributed by atoms with Gasteiger partial charge in [0.15, 0.2) is 0 Å². The molecule has 3 atom stereocenters. The van der Waals surface area contributed by atoms with Gasteiger partial charge in [0.1, 0.15) is 11.6 Å². The number of carbonyl (C=O) groups excluding carboxylic acids is 3. The maximum atomic E-state index is 13.7. The van der Waals surface area contributed by atoms with Crippen molar-refractivity contribution in [1.29, 1.82) is 0 Å². The summed E-state index contributed by atoms with van der Waals surface area (Å²) in [6.07, 6.45) is 8.60. The molecule has 1 saturated carbocycles. The largest absolute Gasteiger partial charge is 0.444 e. The fourth-order valence-electron chi connectivity index (χ4n) is 6.17. The molecule has 4 fully saturated rings. The van der Waals surface area contributed by atoms with E-state index in [-0.39, 0.29) is 35.3 Å². The van der Waals surface area contributed by atoms with Gasteiger partial charge >= 0.3 is 6.09 Å². The summed E-state index contributed by atoms with van der Waals surface area (Å²) in [5.41, 5.74) is -0.798. The summed E-state index contributed by atoms with van der Waals surface area (Å²) in [4.78, 5) is 43.4. The number of hydrogen-bond acceptors (Lipinski definition) is 6. The van der Waals surface area contributed by atoms with Gasteiger partial charge < -0.3 is 24.6 Å². The van der Waals surface area contributed by atoms with Gasteiger partial charge in [-0.1, -0.05) is 19.3 Å². The normalized spacial score (nSPS) is 25.9. The molecule has 0 aromatic rings. The van der Waals surface area contributed by atoms with Gasteiger partial charge in [-0.3, -0.25) is 9.59 Å². The second-order valence-corrected chi connectivity index (χ2v) is 13.7. The summed E-state index contributed by atoms with van der Waals surface area (Å²) in [6.45, 7) is 10.7. The van der Waals surface area contributed by atoms with Crippen LogP contribution in [0.25, 0.3) is 0 Å². The first kappa shape index (κ1) is 28.5. The van der Waals surface area contributed by atoms with E-state index < -0.39 is 11.6 Å². The number of piperidine rings is 1. The van der Waals surface area contributed by atoms with Gasteiger partial charge in [0.2, 0.25) is 11.8 Å². The fraction of sp³-hybridized carbons (Fsp3) is 0.893. The standard InChI is InChI=1S/C28H47N3O5S/c1-20(35-15-21-11-7-5-8-12-21)23(25(33)30-13-9-6-10-14-30)29-24(32)22-16-37-19-28(22)17-31(18-28)26(34)36-27(2,3)4/h20-23H,5-19H2,1-4H3,(H,29,32)/t20-,22?,23+/m1/s1. The van der Waals surface area contributed by atoms with Crippen LogP contribution in [0.2, 0.25) is 0 Å². The molecular formula is C28H47N3O5S. The fourth-order valence-corrected chi connectivity index (χ4v) is 7.82. The molecule has 3 aliphatic heterocycles. The molecule has 0 bridgehead atoms. The van der Waals surface area contributed by atoms with Crippen LogP contribution in [0.5, 0.6) is 0 Å². The minimum absolute atomic E-state index is 0.0205. The Bertz CT molecular complexity index is 813. The number of nitrogens with one attached hydrogen (secondary N) is 1. The average Bonchev–Trinajstić information content (AvgIpc) is 3.30. The van der Waals surface area contributed by atoms with Crippen LogP contribution in [0.3, 0.4) is 0 Å². The second kappa shape index (κ2) is 12.1. The molecule has 210 valence electrons. The molecule has 1 aliphatic carbocycles. The predicted molar refractivity (Wildman–Crippen MR) is 145 cm³/mol. The molecule has 3 heterocycles. The van der Waals surface area contributed by atoms with E-state index in [1.165, 1.54) is 32.1 Å². The van der Waals surface area contributed by atoms with Crippen LogP contribution in [-0.4, -0.2) is 89.7 Å². The van der Waals surface area contributed by atoms with E-state index in [9.17, 15) is 14.4 Å². The summed E-state index contributed by atoms with van der Waals surface area (Å²) >= 11 is 1.75. The van der Waals surface area contributed by atoms with Gasteiger partial charge in [0, 0.05) is 49.7 Å². The molecule has 0 aromatic carbocycles. The van der Waals surface area contributed by atoms with Crippen molar-refractivity contribution >= 4 is 29.7 Å². The topological polar surface area (TPSA) is 88.2 Å². The van der Waals surface area contributed by atoms with Crippen molar-refractivity contribution in [3.8, 4) is 0 Å². The molecule has 37 heavy (non-hydrogen) atoms. The number of hydrogen-bond donors (Lipinski definition) is 1. The van der Waals surface area contributed by atoms with Crippen LogP contribution >= 0.6 is 11.8 Å². The molecular weight excluding hydrogens is 490 g/mol. The van der Waals surface area contributed by atoms with Crippen LogP contribution in [0, 0.1) is 17.3 Å². The number of carbonyl (C=O) groups is 3. The van der Waals surface area contributed by atoms with Gasteiger partial charge in [-0.05, 0) is 65.7 Å². The van der Waals surface area contributed by atoms with E-state index in [4.69, 9.17) is 9.47 Å². The minimum atomic E-state index is -0.682. The molecule has 4 rings (SSSR count). The van der Waals surface area contributed by atoms with Crippen LogP contribution in [0.15, 0.2) is 0 Å². The van der Waals surface area contributed by atoms with Crippen LogP contribution in [0.4, 0.5) is 4.79 Å². The highest BCUT2D eigenvalue weighted by Gasteiger charge is 2.57.